The van der Waals surface area contributed by atoms with Crippen LogP contribution < -0.4 is 0 Å². The summed E-state index contributed by atoms with van der Waals surface area (Å²) >= 11 is 0. The number of benzene rings is 1. The monoisotopic (exact) mass is 234 g/mol. The predicted molar refractivity (Wildman–Crippen MR) is 70.3 cm³/mol. The minimum absolute atomic E-state index is 0.0720. The Labute approximate surface area is 104 Å². The van der Waals surface area contributed by atoms with Gasteiger partial charge in [-0.05, 0) is 12.8 Å². The van der Waals surface area contributed by atoms with Crippen LogP contribution in [0.1, 0.15) is 49.9 Å². The van der Waals surface area contributed by atoms with Crippen molar-refractivity contribution in [1.82, 2.24) is 0 Å². The zero-order chi connectivity index (χ0) is 12.5. The minimum Gasteiger partial charge on any atom is -0.370 e. The number of carbonyl (C=O) groups excluding carboxylic acids is 1. The van der Waals surface area contributed by atoms with Crippen molar-refractivity contribution in [2.24, 2.45) is 0 Å². The van der Waals surface area contributed by atoms with Crippen LogP contribution in [0.3, 0.4) is 0 Å². The van der Waals surface area contributed by atoms with Crippen molar-refractivity contribution in [2.45, 2.75) is 45.6 Å². The maximum Gasteiger partial charge on any atom is 0.188 e. The first-order valence-electron chi connectivity index (χ1n) is 6.47. The van der Waals surface area contributed by atoms with Gasteiger partial charge >= 0.3 is 0 Å². The molecule has 0 atom stereocenters. The fourth-order valence-electron chi connectivity index (χ4n) is 1.86. The van der Waals surface area contributed by atoms with Crippen LogP contribution in [-0.2, 0) is 4.74 Å². The van der Waals surface area contributed by atoms with Gasteiger partial charge in [0.25, 0.3) is 0 Å². The minimum atomic E-state index is 0.0720. The van der Waals surface area contributed by atoms with E-state index in [9.17, 15) is 4.79 Å². The number of Topliss-reactive ketones (excluding diaryl/α,β-unsaturated/α-hetero) is 1. The largest absolute Gasteiger partial charge is 0.370 e. The molecule has 0 aromatic heterocycles. The maximum absolute atomic E-state index is 11.8. The van der Waals surface area contributed by atoms with Crippen LogP contribution in [-0.4, -0.2) is 18.5 Å². The molecule has 0 saturated carbocycles. The van der Waals surface area contributed by atoms with Crippen molar-refractivity contribution in [1.29, 1.82) is 0 Å². The Morgan fingerprint density at radius 1 is 1.12 bits per heavy atom. The Balaban J connectivity index is 2.41. The Hall–Kier alpha value is -1.15. The van der Waals surface area contributed by atoms with Gasteiger partial charge in [0.15, 0.2) is 5.78 Å². The number of hydrogen-bond acceptors (Lipinski definition) is 2. The summed E-state index contributed by atoms with van der Waals surface area (Å²) in [5.41, 5.74) is 0.735. The highest BCUT2D eigenvalue weighted by Crippen LogP contribution is 2.10. The molecule has 0 unspecified atom stereocenters. The first-order valence-corrected chi connectivity index (χ1v) is 6.47. The maximum atomic E-state index is 11.8. The summed E-state index contributed by atoms with van der Waals surface area (Å²) in [6, 6.07) is 9.33. The standard InChI is InChI=1S/C15H22O2/c1-3-8-14(9-4-2)17-12-15(16)13-10-6-5-7-11-13/h5-7,10-11,14H,3-4,8-9,12H2,1-2H3. The molecule has 1 rings (SSSR count). The smallest absolute Gasteiger partial charge is 0.188 e. The number of ether oxygens (including phenoxy) is 1. The first-order chi connectivity index (χ1) is 8.27. The summed E-state index contributed by atoms with van der Waals surface area (Å²) in [5, 5.41) is 0. The molecular weight excluding hydrogens is 212 g/mol. The van der Waals surface area contributed by atoms with Gasteiger partial charge in [0.1, 0.15) is 6.61 Å². The third kappa shape index (κ3) is 5.14. The highest BCUT2D eigenvalue weighted by molar-refractivity contribution is 5.96. The summed E-state index contributed by atoms with van der Waals surface area (Å²) in [7, 11) is 0. The molecule has 0 heterocycles. The van der Waals surface area contributed by atoms with Crippen molar-refractivity contribution in [3.8, 4) is 0 Å². The van der Waals surface area contributed by atoms with Gasteiger partial charge in [0, 0.05) is 5.56 Å². The molecule has 0 N–H and O–H groups in total. The Kier molecular flexibility index (Phi) is 6.56. The van der Waals surface area contributed by atoms with E-state index in [1.807, 2.05) is 30.3 Å². The lowest BCUT2D eigenvalue weighted by Gasteiger charge is -2.15. The molecule has 0 bridgehead atoms. The molecule has 1 aromatic rings. The summed E-state index contributed by atoms with van der Waals surface area (Å²) in [6.07, 6.45) is 4.51. The second-order valence-corrected chi connectivity index (χ2v) is 4.30. The van der Waals surface area contributed by atoms with E-state index < -0.39 is 0 Å². The van der Waals surface area contributed by atoms with Crippen molar-refractivity contribution >= 4 is 5.78 Å². The molecule has 0 aliphatic carbocycles. The van der Waals surface area contributed by atoms with Crippen LogP contribution in [0, 0.1) is 0 Å². The highest BCUT2D eigenvalue weighted by Gasteiger charge is 2.11. The second kappa shape index (κ2) is 8.02. The summed E-state index contributed by atoms with van der Waals surface area (Å²) < 4.78 is 5.69. The lowest BCUT2D eigenvalue weighted by molar-refractivity contribution is 0.0372. The molecule has 0 spiro atoms. The van der Waals surface area contributed by atoms with E-state index in [4.69, 9.17) is 4.74 Å². The van der Waals surface area contributed by atoms with Crippen LogP contribution in [0.2, 0.25) is 0 Å². The van der Waals surface area contributed by atoms with Crippen LogP contribution in [0.5, 0.6) is 0 Å². The normalized spacial score (nSPS) is 10.8. The number of carbonyl (C=O) groups is 1. The van der Waals surface area contributed by atoms with Gasteiger partial charge in [-0.3, -0.25) is 4.79 Å². The SMILES string of the molecule is CCCC(CCC)OCC(=O)c1ccccc1. The van der Waals surface area contributed by atoms with E-state index in [1.54, 1.807) is 0 Å². The molecule has 1 aromatic carbocycles. The summed E-state index contributed by atoms with van der Waals surface area (Å²) in [6.45, 7) is 4.49. The molecule has 0 aliphatic rings. The van der Waals surface area contributed by atoms with E-state index in [1.165, 1.54) is 0 Å². The van der Waals surface area contributed by atoms with E-state index in [-0.39, 0.29) is 18.5 Å². The highest BCUT2D eigenvalue weighted by atomic mass is 16.5. The quantitative estimate of drug-likeness (QED) is 0.638. The molecule has 0 amide bonds. The third-order valence-corrected chi connectivity index (χ3v) is 2.77. The lowest BCUT2D eigenvalue weighted by atomic mass is 10.1. The van der Waals surface area contributed by atoms with Crippen LogP contribution >= 0.6 is 0 Å². The average molecular weight is 234 g/mol. The molecule has 0 radical (unpaired) electrons. The van der Waals surface area contributed by atoms with E-state index >= 15 is 0 Å². The average Bonchev–Trinajstić information content (AvgIpc) is 2.37. The number of hydrogen-bond donors (Lipinski definition) is 0. The van der Waals surface area contributed by atoms with Gasteiger partial charge in [-0.25, -0.2) is 0 Å². The van der Waals surface area contributed by atoms with Crippen molar-refractivity contribution < 1.29 is 9.53 Å². The Morgan fingerprint density at radius 2 is 1.71 bits per heavy atom. The molecular formula is C15H22O2. The van der Waals surface area contributed by atoms with Gasteiger partial charge in [-0.1, -0.05) is 57.0 Å². The van der Waals surface area contributed by atoms with Crippen molar-refractivity contribution in [3.05, 3.63) is 35.9 Å². The lowest BCUT2D eigenvalue weighted by Crippen LogP contribution is -2.18. The fourth-order valence-corrected chi connectivity index (χ4v) is 1.86. The Bertz CT molecular complexity index is 313. The van der Waals surface area contributed by atoms with Crippen LogP contribution in [0.25, 0.3) is 0 Å². The predicted octanol–water partition coefficient (Wildman–Crippen LogP) is 3.85. The zero-order valence-electron chi connectivity index (χ0n) is 10.8. The van der Waals surface area contributed by atoms with E-state index in [2.05, 4.69) is 13.8 Å². The fraction of sp³-hybridized carbons (Fsp3) is 0.533. The molecule has 94 valence electrons. The number of ketones is 1. The van der Waals surface area contributed by atoms with Gasteiger partial charge in [-0.15, -0.1) is 0 Å². The topological polar surface area (TPSA) is 26.3 Å². The molecule has 2 nitrogen and oxygen atoms in total. The summed E-state index contributed by atoms with van der Waals surface area (Å²) in [4.78, 5) is 11.8. The van der Waals surface area contributed by atoms with Crippen LogP contribution in [0.15, 0.2) is 30.3 Å². The third-order valence-electron chi connectivity index (χ3n) is 2.77. The van der Waals surface area contributed by atoms with Crippen molar-refractivity contribution in [2.75, 3.05) is 6.61 Å². The van der Waals surface area contributed by atoms with Crippen LogP contribution in [0.4, 0.5) is 0 Å². The van der Waals surface area contributed by atoms with Gasteiger partial charge < -0.3 is 4.74 Å². The Morgan fingerprint density at radius 3 is 2.24 bits per heavy atom. The van der Waals surface area contributed by atoms with E-state index in [0.29, 0.717) is 0 Å². The van der Waals surface area contributed by atoms with Gasteiger partial charge in [0.05, 0.1) is 6.10 Å². The first kappa shape index (κ1) is 13.9. The second-order valence-electron chi connectivity index (χ2n) is 4.30. The molecule has 2 heteroatoms. The van der Waals surface area contributed by atoms with Gasteiger partial charge in [-0.2, -0.15) is 0 Å². The molecule has 0 fully saturated rings. The zero-order valence-corrected chi connectivity index (χ0v) is 10.8. The molecule has 0 aliphatic heterocycles. The van der Waals surface area contributed by atoms with Gasteiger partial charge in [0.2, 0.25) is 0 Å². The van der Waals surface area contributed by atoms with Crippen molar-refractivity contribution in [3.63, 3.8) is 0 Å². The molecule has 17 heavy (non-hydrogen) atoms. The summed E-state index contributed by atoms with van der Waals surface area (Å²) in [5.74, 6) is 0.0720. The molecule has 0 saturated heterocycles. The van der Waals surface area contributed by atoms with E-state index in [0.717, 1.165) is 31.2 Å². The number of rotatable bonds is 8.